The first kappa shape index (κ1) is 19.1. The van der Waals surface area contributed by atoms with Gasteiger partial charge in [0.15, 0.2) is 14.5 Å². The van der Waals surface area contributed by atoms with Crippen molar-refractivity contribution < 1.29 is 19.4 Å². The fourth-order valence-corrected chi connectivity index (χ4v) is 4.67. The van der Waals surface area contributed by atoms with Gasteiger partial charge in [-0.05, 0) is 19.1 Å². The zero-order valence-corrected chi connectivity index (χ0v) is 15.3. The van der Waals surface area contributed by atoms with Crippen molar-refractivity contribution in [2.75, 3.05) is 6.61 Å². The summed E-state index contributed by atoms with van der Waals surface area (Å²) in [5, 5.41) is 20.4. The van der Waals surface area contributed by atoms with Crippen molar-refractivity contribution in [1.29, 1.82) is 0 Å². The van der Waals surface area contributed by atoms with Gasteiger partial charge in [-0.15, -0.1) is 0 Å². The number of aromatic nitrogens is 2. The van der Waals surface area contributed by atoms with Gasteiger partial charge in [0, 0.05) is 12.3 Å². The number of unbranched alkanes of at least 4 members (excludes halogenated alkanes) is 1. The second-order valence-electron chi connectivity index (χ2n) is 6.74. The number of ether oxygens (including phenoxy) is 1. The Kier molecular flexibility index (Phi) is 6.15. The maximum absolute atomic E-state index is 11.8. The molecule has 0 bridgehead atoms. The lowest BCUT2D eigenvalue weighted by molar-refractivity contribution is -0.0527. The molecule has 1 fully saturated rings. The van der Waals surface area contributed by atoms with Crippen molar-refractivity contribution in [3.8, 4) is 0 Å². The van der Waals surface area contributed by atoms with Crippen LogP contribution in [0, 0.1) is 0 Å². The van der Waals surface area contributed by atoms with Crippen LogP contribution in [0.3, 0.4) is 0 Å². The van der Waals surface area contributed by atoms with Gasteiger partial charge < -0.3 is 19.4 Å². The van der Waals surface area contributed by atoms with E-state index in [1.807, 2.05) is 0 Å². The number of nitrogens with zero attached hydrogens (tertiary/aromatic N) is 1. The molecular weight excluding hydrogens is 332 g/mol. The molecule has 1 saturated heterocycles. The Morgan fingerprint density at radius 2 is 2.04 bits per heavy atom. The van der Waals surface area contributed by atoms with E-state index in [4.69, 9.17) is 9.16 Å². The molecule has 1 aromatic rings. The third-order valence-electron chi connectivity index (χ3n) is 4.23. The molecule has 0 saturated carbocycles. The molecule has 2 rings (SSSR count). The highest BCUT2D eigenvalue weighted by molar-refractivity contribution is 6.71. The van der Waals surface area contributed by atoms with Crippen LogP contribution in [0.1, 0.15) is 26.0 Å². The van der Waals surface area contributed by atoms with Gasteiger partial charge in [0.2, 0.25) is 0 Å². The molecule has 0 amide bonds. The van der Waals surface area contributed by atoms with E-state index in [1.54, 1.807) is 0 Å². The number of rotatable bonds is 7. The van der Waals surface area contributed by atoms with Crippen molar-refractivity contribution in [2.45, 2.75) is 63.4 Å². The van der Waals surface area contributed by atoms with Gasteiger partial charge in [-0.25, -0.2) is 4.79 Å². The van der Waals surface area contributed by atoms with Crippen LogP contribution >= 0.6 is 0 Å². The standard InChI is InChI=1S/C15H26N2O6Si/c1-4-5-8-24(2,3)22-9-10-12(19)13(20)14(23-10)17-7-6-11(18)16-15(17)21/h6-7,10,12-14,19-20H,4-5,8-9H2,1-3H3,(H,16,18,21)/t10-,12-,13-,14-/m1/s1. The Balaban J connectivity index is 2.04. The smallest absolute Gasteiger partial charge is 0.330 e. The number of hydrogen-bond donors (Lipinski definition) is 3. The number of hydrogen-bond acceptors (Lipinski definition) is 6. The molecule has 1 aliphatic heterocycles. The quantitative estimate of drug-likeness (QED) is 0.599. The van der Waals surface area contributed by atoms with E-state index in [9.17, 15) is 19.8 Å². The predicted molar refractivity (Wildman–Crippen MR) is 90.4 cm³/mol. The van der Waals surface area contributed by atoms with Crippen LogP contribution < -0.4 is 11.2 Å². The topological polar surface area (TPSA) is 114 Å². The number of aromatic amines is 1. The third kappa shape index (κ3) is 4.42. The molecule has 0 radical (unpaired) electrons. The SMILES string of the molecule is CCCC[Si](C)(C)OC[C@H]1O[C@@H](n2ccc(=O)[nH]c2=O)[C@H](O)[C@@H]1O. The molecule has 0 unspecified atom stereocenters. The second kappa shape index (κ2) is 7.75. The first-order chi connectivity index (χ1) is 11.2. The van der Waals surface area contributed by atoms with Crippen LogP contribution in [0.25, 0.3) is 0 Å². The van der Waals surface area contributed by atoms with E-state index >= 15 is 0 Å². The lowest BCUT2D eigenvalue weighted by Crippen LogP contribution is -2.39. The largest absolute Gasteiger partial charge is 0.415 e. The summed E-state index contributed by atoms with van der Waals surface area (Å²) in [7, 11) is -1.85. The predicted octanol–water partition coefficient (Wildman–Crippen LogP) is 0.178. The molecule has 0 aromatic carbocycles. The van der Waals surface area contributed by atoms with Crippen LogP contribution in [-0.2, 0) is 9.16 Å². The Bertz CT molecular complexity index is 658. The van der Waals surface area contributed by atoms with Crippen LogP contribution in [0.4, 0.5) is 0 Å². The average Bonchev–Trinajstić information content (AvgIpc) is 2.79. The number of aliphatic hydroxyl groups is 2. The molecule has 1 aromatic heterocycles. The summed E-state index contributed by atoms with van der Waals surface area (Å²) in [6.07, 6.45) is -0.794. The number of nitrogens with one attached hydrogen (secondary N) is 1. The van der Waals surface area contributed by atoms with Crippen molar-refractivity contribution in [2.24, 2.45) is 0 Å². The molecule has 0 spiro atoms. The minimum atomic E-state index is -1.85. The first-order valence-electron chi connectivity index (χ1n) is 8.22. The Labute approximate surface area is 141 Å². The van der Waals surface area contributed by atoms with Crippen molar-refractivity contribution >= 4 is 8.32 Å². The van der Waals surface area contributed by atoms with Crippen LogP contribution in [0.15, 0.2) is 21.9 Å². The summed E-state index contributed by atoms with van der Waals surface area (Å²) in [5.74, 6) is 0. The summed E-state index contributed by atoms with van der Waals surface area (Å²) < 4.78 is 12.7. The van der Waals surface area contributed by atoms with E-state index in [0.29, 0.717) is 0 Å². The second-order valence-corrected chi connectivity index (χ2v) is 11.0. The van der Waals surface area contributed by atoms with Crippen molar-refractivity contribution in [3.05, 3.63) is 33.1 Å². The fraction of sp³-hybridized carbons (Fsp3) is 0.733. The normalized spacial score (nSPS) is 27.5. The van der Waals surface area contributed by atoms with E-state index in [0.717, 1.165) is 29.5 Å². The molecule has 3 N–H and O–H groups in total. The minimum absolute atomic E-state index is 0.162. The van der Waals surface area contributed by atoms with E-state index in [2.05, 4.69) is 25.0 Å². The van der Waals surface area contributed by atoms with Gasteiger partial charge in [0.25, 0.3) is 5.56 Å². The highest BCUT2D eigenvalue weighted by Crippen LogP contribution is 2.29. The Morgan fingerprint density at radius 3 is 2.67 bits per heavy atom. The highest BCUT2D eigenvalue weighted by atomic mass is 28.4. The maximum Gasteiger partial charge on any atom is 0.330 e. The molecule has 2 heterocycles. The molecule has 0 aliphatic carbocycles. The zero-order valence-electron chi connectivity index (χ0n) is 14.3. The minimum Gasteiger partial charge on any atom is -0.415 e. The van der Waals surface area contributed by atoms with Gasteiger partial charge in [0.05, 0.1) is 6.61 Å². The van der Waals surface area contributed by atoms with E-state index < -0.39 is 44.1 Å². The van der Waals surface area contributed by atoms with Gasteiger partial charge in [0.1, 0.15) is 18.3 Å². The molecule has 8 nitrogen and oxygen atoms in total. The summed E-state index contributed by atoms with van der Waals surface area (Å²) in [4.78, 5) is 25.1. The average molecular weight is 358 g/mol. The van der Waals surface area contributed by atoms with Gasteiger partial charge in [-0.3, -0.25) is 14.3 Å². The molecule has 24 heavy (non-hydrogen) atoms. The van der Waals surface area contributed by atoms with Crippen LogP contribution in [-0.4, -0.2) is 53.0 Å². The fourth-order valence-electron chi connectivity index (χ4n) is 2.71. The Hall–Kier alpha value is -1.26. The van der Waals surface area contributed by atoms with Crippen molar-refractivity contribution in [3.63, 3.8) is 0 Å². The molecule has 136 valence electrons. The molecule has 9 heteroatoms. The summed E-state index contributed by atoms with van der Waals surface area (Å²) in [6.45, 7) is 6.49. The van der Waals surface area contributed by atoms with Crippen LogP contribution in [0.5, 0.6) is 0 Å². The molecule has 1 aliphatic rings. The number of H-pyrrole nitrogens is 1. The first-order valence-corrected chi connectivity index (χ1v) is 11.3. The summed E-state index contributed by atoms with van der Waals surface area (Å²) in [5.41, 5.74) is -1.23. The lowest BCUT2D eigenvalue weighted by atomic mass is 10.1. The van der Waals surface area contributed by atoms with Crippen molar-refractivity contribution in [1.82, 2.24) is 9.55 Å². The maximum atomic E-state index is 11.8. The zero-order chi connectivity index (χ0) is 17.9. The third-order valence-corrected chi connectivity index (χ3v) is 6.74. The molecule has 4 atom stereocenters. The molecular formula is C15H26N2O6Si. The highest BCUT2D eigenvalue weighted by Gasteiger charge is 2.44. The van der Waals surface area contributed by atoms with Gasteiger partial charge in [-0.1, -0.05) is 19.8 Å². The number of aliphatic hydroxyl groups excluding tert-OH is 2. The van der Waals surface area contributed by atoms with Gasteiger partial charge >= 0.3 is 5.69 Å². The van der Waals surface area contributed by atoms with E-state index in [1.165, 1.54) is 6.20 Å². The monoisotopic (exact) mass is 358 g/mol. The summed E-state index contributed by atoms with van der Waals surface area (Å²) in [6, 6.07) is 2.17. The van der Waals surface area contributed by atoms with Crippen LogP contribution in [0.2, 0.25) is 19.1 Å². The lowest BCUT2D eigenvalue weighted by Gasteiger charge is -2.25. The summed E-state index contributed by atoms with van der Waals surface area (Å²) >= 11 is 0. The van der Waals surface area contributed by atoms with E-state index in [-0.39, 0.29) is 6.61 Å². The Morgan fingerprint density at radius 1 is 1.33 bits per heavy atom. The van der Waals surface area contributed by atoms with Gasteiger partial charge in [-0.2, -0.15) is 0 Å².